The zero-order valence-corrected chi connectivity index (χ0v) is 12.5. The topological polar surface area (TPSA) is 44.8 Å². The standard InChI is InChI=1S/C16H20BO4/c1-4-13-10-19-16(20-11-13,21-15(18)12(2)3)17-14-8-6-5-7-9-14/h5-9,13H,2,4,10-11H2,1,3H3. The van der Waals surface area contributed by atoms with Gasteiger partial charge in [-0.05, 0) is 13.3 Å². The van der Waals surface area contributed by atoms with Crippen molar-refractivity contribution in [1.29, 1.82) is 0 Å². The zero-order valence-electron chi connectivity index (χ0n) is 12.5. The second-order valence-corrected chi connectivity index (χ2v) is 5.22. The molecule has 1 saturated heterocycles. The van der Waals surface area contributed by atoms with Crippen LogP contribution in [0, 0.1) is 5.92 Å². The van der Waals surface area contributed by atoms with Gasteiger partial charge in [0.25, 0.3) is 13.2 Å². The second-order valence-electron chi connectivity index (χ2n) is 5.22. The first-order valence-electron chi connectivity index (χ1n) is 7.12. The molecule has 0 atom stereocenters. The van der Waals surface area contributed by atoms with Gasteiger partial charge in [0, 0.05) is 11.5 Å². The molecule has 0 saturated carbocycles. The predicted molar refractivity (Wildman–Crippen MR) is 81.2 cm³/mol. The summed E-state index contributed by atoms with van der Waals surface area (Å²) in [4.78, 5) is 11.9. The second kappa shape index (κ2) is 6.92. The van der Waals surface area contributed by atoms with Crippen LogP contribution in [0.5, 0.6) is 0 Å². The van der Waals surface area contributed by atoms with Crippen LogP contribution in [-0.4, -0.2) is 32.3 Å². The van der Waals surface area contributed by atoms with Crippen LogP contribution in [0.2, 0.25) is 0 Å². The van der Waals surface area contributed by atoms with Gasteiger partial charge >= 0.3 is 5.97 Å². The van der Waals surface area contributed by atoms with Crippen molar-refractivity contribution in [3.63, 3.8) is 0 Å². The number of hydrogen-bond acceptors (Lipinski definition) is 4. The molecule has 1 aromatic carbocycles. The number of rotatable bonds is 5. The molecule has 1 heterocycles. The molecular weight excluding hydrogens is 267 g/mol. The zero-order chi connectivity index (χ0) is 15.3. The molecule has 1 aromatic rings. The first-order valence-corrected chi connectivity index (χ1v) is 7.12. The Morgan fingerprint density at radius 3 is 2.52 bits per heavy atom. The number of hydrogen-bond donors (Lipinski definition) is 0. The van der Waals surface area contributed by atoms with Crippen LogP contribution in [0.25, 0.3) is 0 Å². The third kappa shape index (κ3) is 4.19. The van der Waals surface area contributed by atoms with Crippen molar-refractivity contribution in [3.05, 3.63) is 42.5 Å². The highest BCUT2D eigenvalue weighted by molar-refractivity contribution is 6.55. The Morgan fingerprint density at radius 1 is 1.38 bits per heavy atom. The van der Waals surface area contributed by atoms with Crippen LogP contribution in [0.4, 0.5) is 0 Å². The van der Waals surface area contributed by atoms with E-state index in [1.165, 1.54) is 0 Å². The van der Waals surface area contributed by atoms with Crippen LogP contribution in [0.15, 0.2) is 42.5 Å². The lowest BCUT2D eigenvalue weighted by atomic mass is 9.66. The number of ether oxygens (including phenoxy) is 3. The molecule has 0 aliphatic carbocycles. The van der Waals surface area contributed by atoms with E-state index in [0.29, 0.717) is 24.7 Å². The Morgan fingerprint density at radius 2 is 2.00 bits per heavy atom. The summed E-state index contributed by atoms with van der Waals surface area (Å²) in [7, 11) is 1.68. The van der Waals surface area contributed by atoms with Gasteiger partial charge in [-0.1, -0.05) is 49.3 Å². The van der Waals surface area contributed by atoms with E-state index in [-0.39, 0.29) is 0 Å². The first kappa shape index (κ1) is 15.8. The minimum Gasteiger partial charge on any atom is -0.414 e. The number of carbonyl (C=O) groups is 1. The van der Waals surface area contributed by atoms with Crippen molar-refractivity contribution in [2.45, 2.75) is 26.1 Å². The molecule has 0 amide bonds. The third-order valence-electron chi connectivity index (χ3n) is 3.34. The first-order chi connectivity index (χ1) is 10.0. The van der Waals surface area contributed by atoms with E-state index in [0.717, 1.165) is 11.9 Å². The van der Waals surface area contributed by atoms with Crippen molar-refractivity contribution in [3.8, 4) is 0 Å². The van der Waals surface area contributed by atoms with E-state index >= 15 is 0 Å². The number of carbonyl (C=O) groups excluding carboxylic acids is 1. The summed E-state index contributed by atoms with van der Waals surface area (Å²) in [5.74, 6) is -1.69. The lowest BCUT2D eigenvalue weighted by Crippen LogP contribution is -2.55. The van der Waals surface area contributed by atoms with Crippen LogP contribution >= 0.6 is 0 Å². The molecule has 1 fully saturated rings. The average molecular weight is 287 g/mol. The molecule has 1 aliphatic heterocycles. The summed E-state index contributed by atoms with van der Waals surface area (Å²) in [6, 6.07) is 9.51. The minimum absolute atomic E-state index is 0.306. The molecule has 2 rings (SSSR count). The summed E-state index contributed by atoms with van der Waals surface area (Å²) in [5.41, 5.74) is 1.17. The van der Waals surface area contributed by atoms with Crippen molar-refractivity contribution in [2.24, 2.45) is 5.92 Å². The van der Waals surface area contributed by atoms with Gasteiger partial charge in [-0.25, -0.2) is 4.79 Å². The number of benzene rings is 1. The van der Waals surface area contributed by atoms with Crippen LogP contribution in [0.1, 0.15) is 20.3 Å². The smallest absolute Gasteiger partial charge is 0.336 e. The van der Waals surface area contributed by atoms with Gasteiger partial charge in [0.05, 0.1) is 13.2 Å². The Bertz CT molecular complexity index is 492. The van der Waals surface area contributed by atoms with Crippen LogP contribution < -0.4 is 5.46 Å². The SMILES string of the molecule is C=C(C)C(=O)OC1([B]c2ccccc2)OCC(CC)CO1. The molecule has 0 N–H and O–H groups in total. The molecule has 21 heavy (non-hydrogen) atoms. The Balaban J connectivity index is 2.14. The molecule has 1 aliphatic rings. The summed E-state index contributed by atoms with van der Waals surface area (Å²) >= 11 is 0. The van der Waals surface area contributed by atoms with Gasteiger partial charge in [-0.15, -0.1) is 0 Å². The van der Waals surface area contributed by atoms with E-state index in [2.05, 4.69) is 13.5 Å². The summed E-state index contributed by atoms with van der Waals surface area (Å²) in [5, 5.41) is 0. The summed E-state index contributed by atoms with van der Waals surface area (Å²) < 4.78 is 16.9. The molecular formula is C16H20BO4. The Hall–Kier alpha value is -1.59. The Labute approximate surface area is 126 Å². The van der Waals surface area contributed by atoms with Crippen LogP contribution in [-0.2, 0) is 19.0 Å². The van der Waals surface area contributed by atoms with Gasteiger partial charge in [0.15, 0.2) is 0 Å². The molecule has 0 bridgehead atoms. The fourth-order valence-electron chi connectivity index (χ4n) is 1.93. The van der Waals surface area contributed by atoms with Gasteiger partial charge in [-0.3, -0.25) is 0 Å². The largest absolute Gasteiger partial charge is 0.414 e. The highest BCUT2D eigenvalue weighted by Crippen LogP contribution is 2.24. The van der Waals surface area contributed by atoms with E-state index in [9.17, 15) is 4.79 Å². The van der Waals surface area contributed by atoms with Crippen molar-refractivity contribution in [2.75, 3.05) is 13.2 Å². The fraction of sp³-hybridized carbons (Fsp3) is 0.438. The fourth-order valence-corrected chi connectivity index (χ4v) is 1.93. The van der Waals surface area contributed by atoms with Gasteiger partial charge in [0.1, 0.15) is 0 Å². The molecule has 0 unspecified atom stereocenters. The van der Waals surface area contributed by atoms with Crippen molar-refractivity contribution in [1.82, 2.24) is 0 Å². The lowest BCUT2D eigenvalue weighted by Gasteiger charge is -2.39. The van der Waals surface area contributed by atoms with E-state index in [4.69, 9.17) is 14.2 Å². The van der Waals surface area contributed by atoms with Crippen molar-refractivity contribution < 1.29 is 19.0 Å². The third-order valence-corrected chi connectivity index (χ3v) is 3.34. The van der Waals surface area contributed by atoms with Crippen LogP contribution in [0.3, 0.4) is 0 Å². The minimum atomic E-state index is -1.47. The van der Waals surface area contributed by atoms with Gasteiger partial charge in [-0.2, -0.15) is 0 Å². The monoisotopic (exact) mass is 287 g/mol. The summed E-state index contributed by atoms with van der Waals surface area (Å²) in [6.07, 6.45) is 0.954. The lowest BCUT2D eigenvalue weighted by molar-refractivity contribution is -0.341. The van der Waals surface area contributed by atoms with Crippen molar-refractivity contribution >= 4 is 18.7 Å². The van der Waals surface area contributed by atoms with E-state index in [1.807, 2.05) is 30.3 Å². The summed E-state index contributed by atoms with van der Waals surface area (Å²) in [6.45, 7) is 8.24. The average Bonchev–Trinajstić information content (AvgIpc) is 2.49. The molecule has 4 nitrogen and oxygen atoms in total. The maximum atomic E-state index is 11.9. The molecule has 111 valence electrons. The normalized spacial score (nSPS) is 25.1. The molecule has 1 radical (unpaired) electrons. The highest BCUT2D eigenvalue weighted by Gasteiger charge is 2.42. The molecule has 0 aromatic heterocycles. The maximum absolute atomic E-state index is 11.9. The highest BCUT2D eigenvalue weighted by atomic mass is 16.9. The molecule has 5 heteroatoms. The Kier molecular flexibility index (Phi) is 5.20. The predicted octanol–water partition coefficient (Wildman–Crippen LogP) is 1.82. The van der Waals surface area contributed by atoms with Gasteiger partial charge < -0.3 is 14.2 Å². The van der Waals surface area contributed by atoms with E-state index < -0.39 is 11.8 Å². The number of esters is 1. The van der Waals surface area contributed by atoms with E-state index in [1.54, 1.807) is 14.2 Å². The maximum Gasteiger partial charge on any atom is 0.336 e. The molecule has 0 spiro atoms. The quantitative estimate of drug-likeness (QED) is 0.471. The van der Waals surface area contributed by atoms with Gasteiger partial charge in [0.2, 0.25) is 0 Å².